The van der Waals surface area contributed by atoms with Crippen LogP contribution < -0.4 is 4.90 Å². The normalized spacial score (nSPS) is 22.3. The number of benzene rings is 3. The minimum absolute atomic E-state index is 0.0692. The molecule has 0 amide bonds. The minimum atomic E-state index is -0.875. The molecule has 3 aromatic rings. The first-order valence-corrected chi connectivity index (χ1v) is 10.4. The fraction of sp³-hybridized carbons (Fsp3) is 0.154. The zero-order valence-corrected chi connectivity index (χ0v) is 17.0. The maximum absolute atomic E-state index is 13.8. The van der Waals surface area contributed by atoms with Crippen molar-refractivity contribution >= 4 is 34.9 Å². The zero-order chi connectivity index (χ0) is 20.7. The summed E-state index contributed by atoms with van der Waals surface area (Å²) in [5.74, 6) is 0.0692. The van der Waals surface area contributed by atoms with Crippen LogP contribution in [-0.4, -0.2) is 18.1 Å². The first kappa shape index (κ1) is 18.8. The fourth-order valence-corrected chi connectivity index (χ4v) is 5.08. The smallest absolute Gasteiger partial charge is 0.195 e. The number of fused-ring (bicyclic) bond motifs is 3. The quantitative estimate of drug-likeness (QED) is 0.516. The van der Waals surface area contributed by atoms with E-state index in [1.54, 1.807) is 0 Å². The number of anilines is 1. The van der Waals surface area contributed by atoms with Crippen LogP contribution in [0.2, 0.25) is 5.02 Å². The standard InChI is InChI=1S/C26H20ClNO2/c27-20-12-10-19(11-13-20)26-16-14-21(18-6-2-1-3-7-18)24(15-17-29)28(26)23-9-5-4-8-22(23)25(26)30/h1-14,17,24H,15-16H2/t24-,26-/m1/s1. The van der Waals surface area contributed by atoms with Crippen molar-refractivity contribution in [1.29, 1.82) is 0 Å². The minimum Gasteiger partial charge on any atom is -0.346 e. The highest BCUT2D eigenvalue weighted by molar-refractivity contribution is 6.30. The highest BCUT2D eigenvalue weighted by Gasteiger charge is 2.56. The topological polar surface area (TPSA) is 37.4 Å². The summed E-state index contributed by atoms with van der Waals surface area (Å²) >= 11 is 6.14. The van der Waals surface area contributed by atoms with Crippen molar-refractivity contribution in [2.24, 2.45) is 0 Å². The van der Waals surface area contributed by atoms with Crippen molar-refractivity contribution in [3.8, 4) is 0 Å². The molecule has 148 valence electrons. The van der Waals surface area contributed by atoms with Gasteiger partial charge in [0.1, 0.15) is 11.8 Å². The Bertz CT molecular complexity index is 1150. The molecule has 0 bridgehead atoms. The summed E-state index contributed by atoms with van der Waals surface area (Å²) in [5, 5.41) is 0.630. The number of Topliss-reactive ketones (excluding diaryl/α,β-unsaturated/α-hetero) is 1. The molecule has 0 N–H and O–H groups in total. The number of nitrogens with zero attached hydrogens (tertiary/aromatic N) is 1. The summed E-state index contributed by atoms with van der Waals surface area (Å²) in [6.07, 6.45) is 3.92. The number of carbonyl (C=O) groups is 2. The Morgan fingerprint density at radius 1 is 0.967 bits per heavy atom. The molecule has 0 saturated heterocycles. The van der Waals surface area contributed by atoms with E-state index in [9.17, 15) is 9.59 Å². The zero-order valence-electron chi connectivity index (χ0n) is 16.3. The van der Waals surface area contributed by atoms with Gasteiger partial charge in [0, 0.05) is 29.1 Å². The van der Waals surface area contributed by atoms with Gasteiger partial charge in [-0.3, -0.25) is 4.79 Å². The van der Waals surface area contributed by atoms with Crippen molar-refractivity contribution in [2.75, 3.05) is 4.90 Å². The van der Waals surface area contributed by atoms with E-state index in [1.807, 2.05) is 66.7 Å². The van der Waals surface area contributed by atoms with Gasteiger partial charge in [-0.2, -0.15) is 0 Å². The van der Waals surface area contributed by atoms with Gasteiger partial charge < -0.3 is 9.69 Å². The van der Waals surface area contributed by atoms with Crippen molar-refractivity contribution in [1.82, 2.24) is 0 Å². The lowest BCUT2D eigenvalue weighted by Gasteiger charge is -2.47. The molecule has 5 rings (SSSR count). The summed E-state index contributed by atoms with van der Waals surface area (Å²) in [7, 11) is 0. The molecule has 2 aliphatic rings. The predicted octanol–water partition coefficient (Wildman–Crippen LogP) is 5.68. The second kappa shape index (κ2) is 7.26. The molecule has 0 fully saturated rings. The van der Waals surface area contributed by atoms with Crippen LogP contribution >= 0.6 is 11.6 Å². The van der Waals surface area contributed by atoms with E-state index in [1.165, 1.54) is 0 Å². The number of ketones is 1. The maximum atomic E-state index is 13.8. The van der Waals surface area contributed by atoms with Crippen molar-refractivity contribution < 1.29 is 9.59 Å². The number of aldehydes is 1. The third-order valence-corrected chi connectivity index (χ3v) is 6.48. The van der Waals surface area contributed by atoms with Crippen LogP contribution in [-0.2, 0) is 10.3 Å². The third-order valence-electron chi connectivity index (χ3n) is 6.23. The average molecular weight is 414 g/mol. The molecular weight excluding hydrogens is 394 g/mol. The Balaban J connectivity index is 1.77. The Morgan fingerprint density at radius 2 is 1.67 bits per heavy atom. The number of rotatable bonds is 4. The first-order valence-electron chi connectivity index (χ1n) is 10.0. The largest absolute Gasteiger partial charge is 0.346 e. The number of halogens is 1. The van der Waals surface area contributed by atoms with Gasteiger partial charge in [0.25, 0.3) is 0 Å². The van der Waals surface area contributed by atoms with E-state index >= 15 is 0 Å². The third kappa shape index (κ3) is 2.66. The van der Waals surface area contributed by atoms with Gasteiger partial charge in [0.2, 0.25) is 0 Å². The summed E-state index contributed by atoms with van der Waals surface area (Å²) < 4.78 is 0. The lowest BCUT2D eigenvalue weighted by molar-refractivity contribution is -0.108. The van der Waals surface area contributed by atoms with Gasteiger partial charge in [0.05, 0.1) is 6.04 Å². The van der Waals surface area contributed by atoms with Crippen molar-refractivity contribution in [2.45, 2.75) is 24.4 Å². The first-order chi connectivity index (χ1) is 14.7. The molecule has 0 aromatic heterocycles. The highest BCUT2D eigenvalue weighted by atomic mass is 35.5. The van der Waals surface area contributed by atoms with Crippen LogP contribution in [0.4, 0.5) is 5.69 Å². The number of hydrogen-bond acceptors (Lipinski definition) is 3. The van der Waals surface area contributed by atoms with Gasteiger partial charge in [0.15, 0.2) is 5.78 Å². The van der Waals surface area contributed by atoms with E-state index in [4.69, 9.17) is 11.6 Å². The number of hydrogen-bond donors (Lipinski definition) is 0. The maximum Gasteiger partial charge on any atom is 0.195 e. The Labute approximate surface area is 180 Å². The van der Waals surface area contributed by atoms with E-state index in [0.29, 0.717) is 23.4 Å². The van der Waals surface area contributed by atoms with Crippen LogP contribution in [0.25, 0.3) is 5.57 Å². The summed E-state index contributed by atoms with van der Waals surface area (Å²) in [6.45, 7) is 0. The van der Waals surface area contributed by atoms with Gasteiger partial charge >= 0.3 is 0 Å². The Hall–Kier alpha value is -3.17. The molecule has 0 spiro atoms. The molecule has 4 heteroatoms. The monoisotopic (exact) mass is 413 g/mol. The fourth-order valence-electron chi connectivity index (χ4n) is 4.95. The van der Waals surface area contributed by atoms with Crippen LogP contribution in [0.5, 0.6) is 0 Å². The molecule has 2 atom stereocenters. The lowest BCUT2D eigenvalue weighted by Crippen LogP contribution is -2.55. The van der Waals surface area contributed by atoms with Crippen molar-refractivity contribution in [3.63, 3.8) is 0 Å². The summed E-state index contributed by atoms with van der Waals surface area (Å²) in [5.41, 5.74) is 3.76. The molecule has 3 nitrogen and oxygen atoms in total. The number of para-hydroxylation sites is 1. The second-order valence-electron chi connectivity index (χ2n) is 7.73. The van der Waals surface area contributed by atoms with Crippen LogP contribution in [0.3, 0.4) is 0 Å². The van der Waals surface area contributed by atoms with E-state index in [-0.39, 0.29) is 11.8 Å². The lowest BCUT2D eigenvalue weighted by atomic mass is 9.76. The summed E-state index contributed by atoms with van der Waals surface area (Å²) in [4.78, 5) is 27.8. The number of carbonyl (C=O) groups excluding carboxylic acids is 2. The van der Waals surface area contributed by atoms with Gasteiger partial charge in [-0.15, -0.1) is 0 Å². The van der Waals surface area contributed by atoms with E-state index in [0.717, 1.165) is 28.7 Å². The van der Waals surface area contributed by atoms with Crippen LogP contribution in [0.1, 0.15) is 34.3 Å². The van der Waals surface area contributed by atoms with Crippen molar-refractivity contribution in [3.05, 3.63) is 107 Å². The van der Waals surface area contributed by atoms with E-state index < -0.39 is 5.54 Å². The molecule has 2 aliphatic heterocycles. The molecule has 0 aliphatic carbocycles. The molecule has 0 radical (unpaired) electrons. The highest BCUT2D eigenvalue weighted by Crippen LogP contribution is 2.53. The molecule has 30 heavy (non-hydrogen) atoms. The van der Waals surface area contributed by atoms with Gasteiger partial charge in [-0.25, -0.2) is 0 Å². The Kier molecular flexibility index (Phi) is 4.56. The molecule has 2 heterocycles. The average Bonchev–Trinajstić information content (AvgIpc) is 3.05. The molecular formula is C26H20ClNO2. The summed E-state index contributed by atoms with van der Waals surface area (Å²) in [6, 6.07) is 25.1. The molecule has 0 saturated carbocycles. The Morgan fingerprint density at radius 3 is 2.40 bits per heavy atom. The molecule has 0 unspecified atom stereocenters. The van der Waals surface area contributed by atoms with E-state index in [2.05, 4.69) is 23.1 Å². The van der Waals surface area contributed by atoms with Crippen LogP contribution in [0.15, 0.2) is 84.9 Å². The van der Waals surface area contributed by atoms with Gasteiger partial charge in [-0.1, -0.05) is 72.3 Å². The van der Waals surface area contributed by atoms with Crippen LogP contribution in [0, 0.1) is 0 Å². The molecule has 3 aromatic carbocycles. The second-order valence-corrected chi connectivity index (χ2v) is 8.17. The predicted molar refractivity (Wildman–Crippen MR) is 120 cm³/mol. The van der Waals surface area contributed by atoms with Gasteiger partial charge in [-0.05, 0) is 41.0 Å². The SMILES string of the molecule is O=CC[C@@H]1C(c2ccccc2)=CC[C@@]2(c3ccc(Cl)cc3)C(=O)c3ccccc3N12.